The Labute approximate surface area is 179 Å². The van der Waals surface area contributed by atoms with Gasteiger partial charge in [0.1, 0.15) is 5.82 Å². The van der Waals surface area contributed by atoms with Gasteiger partial charge < -0.3 is 20.7 Å². The zero-order valence-corrected chi connectivity index (χ0v) is 17.2. The molecule has 2 aromatic carbocycles. The van der Waals surface area contributed by atoms with Gasteiger partial charge in [-0.25, -0.2) is 13.8 Å². The average Bonchev–Trinajstić information content (AvgIpc) is 3.12. The molecule has 0 bridgehead atoms. The Bertz CT molecular complexity index is 1190. The fourth-order valence-corrected chi connectivity index (χ4v) is 5.14. The Morgan fingerprint density at radius 3 is 3.00 bits per heavy atom. The summed E-state index contributed by atoms with van der Waals surface area (Å²) in [4.78, 5) is 19.0. The number of nitrogen functional groups attached to an aromatic ring is 1. The van der Waals surface area contributed by atoms with Gasteiger partial charge in [0, 0.05) is 43.2 Å². The Kier molecular flexibility index (Phi) is 4.76. The molecule has 0 spiro atoms. The molecule has 0 aliphatic carbocycles. The quantitative estimate of drug-likeness (QED) is 0.591. The number of hydrogen-bond donors (Lipinski definition) is 2. The molecule has 10 heteroatoms. The number of nitrogens with two attached hydrogens (primary N) is 1. The van der Waals surface area contributed by atoms with E-state index in [0.717, 1.165) is 11.3 Å². The SMILES string of the molecule is Nc1nc2c(-c3c(Cl)cc4c(c3F)OCC[C@H]3CNCCN3C4=O)ccc(F)c2s1. The minimum Gasteiger partial charge on any atom is -0.490 e. The Balaban J connectivity index is 1.70. The van der Waals surface area contributed by atoms with Crippen LogP contribution in [-0.4, -0.2) is 48.1 Å². The van der Waals surface area contributed by atoms with Crippen LogP contribution in [0.3, 0.4) is 0 Å². The van der Waals surface area contributed by atoms with Gasteiger partial charge in [-0.3, -0.25) is 4.79 Å². The lowest BCUT2D eigenvalue weighted by Crippen LogP contribution is -2.54. The molecule has 2 aliphatic rings. The average molecular weight is 451 g/mol. The summed E-state index contributed by atoms with van der Waals surface area (Å²) in [6, 6.07) is 4.03. The summed E-state index contributed by atoms with van der Waals surface area (Å²) < 4.78 is 35.8. The molecule has 0 saturated carbocycles. The predicted octanol–water partition coefficient (Wildman–Crippen LogP) is 3.67. The van der Waals surface area contributed by atoms with Crippen molar-refractivity contribution in [3.05, 3.63) is 40.4 Å². The molecule has 30 heavy (non-hydrogen) atoms. The normalized spacial score (nSPS) is 19.1. The number of piperazine rings is 1. The summed E-state index contributed by atoms with van der Waals surface area (Å²) in [7, 11) is 0. The maximum absolute atomic E-state index is 15.7. The van der Waals surface area contributed by atoms with Crippen molar-refractivity contribution in [3.8, 4) is 16.9 Å². The number of rotatable bonds is 1. The third-order valence-electron chi connectivity index (χ3n) is 5.49. The molecule has 1 amide bonds. The minimum absolute atomic E-state index is 0.0101. The predicted molar refractivity (Wildman–Crippen MR) is 112 cm³/mol. The number of benzene rings is 2. The van der Waals surface area contributed by atoms with Crippen LogP contribution in [0.5, 0.6) is 5.75 Å². The number of nitrogens with zero attached hydrogens (tertiary/aromatic N) is 2. The number of ether oxygens (including phenoxy) is 1. The molecule has 0 radical (unpaired) electrons. The molecule has 3 heterocycles. The summed E-state index contributed by atoms with van der Waals surface area (Å²) in [6.07, 6.45) is 0.582. The first kappa shape index (κ1) is 19.5. The van der Waals surface area contributed by atoms with Gasteiger partial charge in [0.05, 0.1) is 27.4 Å². The maximum Gasteiger partial charge on any atom is 0.258 e. The first-order chi connectivity index (χ1) is 14.5. The highest BCUT2D eigenvalue weighted by Crippen LogP contribution is 2.43. The van der Waals surface area contributed by atoms with E-state index in [9.17, 15) is 9.18 Å². The van der Waals surface area contributed by atoms with E-state index < -0.39 is 11.6 Å². The van der Waals surface area contributed by atoms with Gasteiger partial charge >= 0.3 is 0 Å². The van der Waals surface area contributed by atoms with Crippen LogP contribution in [0.2, 0.25) is 5.02 Å². The van der Waals surface area contributed by atoms with Gasteiger partial charge in [0.2, 0.25) is 0 Å². The Morgan fingerprint density at radius 1 is 1.33 bits per heavy atom. The van der Waals surface area contributed by atoms with Crippen LogP contribution in [0.4, 0.5) is 13.9 Å². The zero-order valence-electron chi connectivity index (χ0n) is 15.7. The van der Waals surface area contributed by atoms with Crippen molar-refractivity contribution in [3.63, 3.8) is 0 Å². The number of fused-ring (bicyclic) bond motifs is 3. The van der Waals surface area contributed by atoms with Crippen LogP contribution >= 0.6 is 22.9 Å². The largest absolute Gasteiger partial charge is 0.490 e. The first-order valence-electron chi connectivity index (χ1n) is 9.47. The van der Waals surface area contributed by atoms with Crippen molar-refractivity contribution in [2.75, 3.05) is 32.0 Å². The standard InChI is InChI=1S/C20H17ClF2N4O2S/c21-12-7-11-17(29-6-3-9-8-25-4-5-27(9)19(11)28)15(23)14(12)10-1-2-13(22)18-16(10)26-20(24)30-18/h1-2,7,9,25H,3-6,8H2,(H2,24,26)/t9-/m0/s1. The monoisotopic (exact) mass is 450 g/mol. The number of thiazole rings is 1. The number of carbonyl (C=O) groups excluding carboxylic acids is 1. The van der Waals surface area contributed by atoms with Gasteiger partial charge in [0.15, 0.2) is 16.7 Å². The van der Waals surface area contributed by atoms with Gasteiger partial charge in [-0.05, 0) is 18.2 Å². The van der Waals surface area contributed by atoms with E-state index in [-0.39, 0.29) is 55.8 Å². The van der Waals surface area contributed by atoms with Crippen LogP contribution < -0.4 is 15.8 Å². The first-order valence-corrected chi connectivity index (χ1v) is 10.7. The van der Waals surface area contributed by atoms with Crippen molar-refractivity contribution in [1.82, 2.24) is 15.2 Å². The highest BCUT2D eigenvalue weighted by molar-refractivity contribution is 7.22. The van der Waals surface area contributed by atoms with Crippen LogP contribution in [0.1, 0.15) is 16.8 Å². The summed E-state index contributed by atoms with van der Waals surface area (Å²) in [5, 5.41) is 3.44. The fourth-order valence-electron chi connectivity index (χ4n) is 4.08. The number of hydrogen-bond acceptors (Lipinski definition) is 6. The molecule has 1 saturated heterocycles. The lowest BCUT2D eigenvalue weighted by Gasteiger charge is -2.38. The lowest BCUT2D eigenvalue weighted by atomic mass is 9.98. The molecular formula is C20H17ClF2N4O2S. The zero-order chi connectivity index (χ0) is 21.0. The van der Waals surface area contributed by atoms with E-state index >= 15 is 4.39 Å². The highest BCUT2D eigenvalue weighted by Gasteiger charge is 2.34. The third kappa shape index (κ3) is 3.00. The smallest absolute Gasteiger partial charge is 0.258 e. The van der Waals surface area contributed by atoms with E-state index in [4.69, 9.17) is 22.1 Å². The van der Waals surface area contributed by atoms with Crippen LogP contribution in [0, 0.1) is 11.6 Å². The molecule has 2 aliphatic heterocycles. The molecule has 1 fully saturated rings. The second-order valence-electron chi connectivity index (χ2n) is 7.24. The van der Waals surface area contributed by atoms with Gasteiger partial charge in [-0.15, -0.1) is 0 Å². The molecule has 6 nitrogen and oxygen atoms in total. The molecule has 3 aromatic rings. The number of carbonyl (C=O) groups is 1. The molecular weight excluding hydrogens is 434 g/mol. The van der Waals surface area contributed by atoms with Gasteiger partial charge in [0.25, 0.3) is 5.91 Å². The molecule has 3 N–H and O–H groups in total. The van der Waals surface area contributed by atoms with E-state index in [0.29, 0.717) is 31.6 Å². The minimum atomic E-state index is -0.765. The number of amides is 1. The molecule has 156 valence electrons. The Hall–Kier alpha value is -2.49. The van der Waals surface area contributed by atoms with Crippen LogP contribution in [-0.2, 0) is 0 Å². The highest BCUT2D eigenvalue weighted by atomic mass is 35.5. The maximum atomic E-state index is 15.7. The number of aromatic nitrogens is 1. The topological polar surface area (TPSA) is 80.5 Å². The number of nitrogens with one attached hydrogen (secondary N) is 1. The summed E-state index contributed by atoms with van der Waals surface area (Å²) in [5.41, 5.74) is 6.36. The molecule has 5 rings (SSSR count). The van der Waals surface area contributed by atoms with E-state index in [2.05, 4.69) is 10.3 Å². The van der Waals surface area contributed by atoms with Crippen molar-refractivity contribution in [2.24, 2.45) is 0 Å². The van der Waals surface area contributed by atoms with Gasteiger partial charge in [-0.1, -0.05) is 22.9 Å². The van der Waals surface area contributed by atoms with E-state index in [1.807, 2.05) is 0 Å². The molecule has 1 atom stereocenters. The summed E-state index contributed by atoms with van der Waals surface area (Å²) in [5.74, 6) is -1.72. The van der Waals surface area contributed by atoms with Crippen molar-refractivity contribution >= 4 is 44.2 Å². The Morgan fingerprint density at radius 2 is 2.17 bits per heavy atom. The third-order valence-corrected chi connectivity index (χ3v) is 6.68. The number of anilines is 1. The summed E-state index contributed by atoms with van der Waals surface area (Å²) in [6.45, 7) is 2.12. The molecule has 0 unspecified atom stereocenters. The second kappa shape index (κ2) is 7.33. The lowest BCUT2D eigenvalue weighted by molar-refractivity contribution is 0.0572. The van der Waals surface area contributed by atoms with Crippen molar-refractivity contribution in [2.45, 2.75) is 12.5 Å². The van der Waals surface area contributed by atoms with Crippen molar-refractivity contribution < 1.29 is 18.3 Å². The number of halogens is 3. The second-order valence-corrected chi connectivity index (χ2v) is 8.68. The van der Waals surface area contributed by atoms with Gasteiger partial charge in [-0.2, -0.15) is 0 Å². The van der Waals surface area contributed by atoms with Crippen LogP contribution in [0.15, 0.2) is 18.2 Å². The van der Waals surface area contributed by atoms with E-state index in [1.54, 1.807) is 4.90 Å². The summed E-state index contributed by atoms with van der Waals surface area (Å²) >= 11 is 7.43. The van der Waals surface area contributed by atoms with Crippen LogP contribution in [0.25, 0.3) is 21.3 Å². The molecule has 1 aromatic heterocycles. The van der Waals surface area contributed by atoms with Crippen molar-refractivity contribution in [1.29, 1.82) is 0 Å². The fraction of sp³-hybridized carbons (Fsp3) is 0.300. The van der Waals surface area contributed by atoms with E-state index in [1.165, 1.54) is 18.2 Å².